The first-order valence-electron chi connectivity index (χ1n) is 8.79. The first-order valence-corrected chi connectivity index (χ1v) is 8.79. The standard InChI is InChI=1S/C19H23N3O2/c23-19(20-16-8-9-22(13-16)12-14-6-7-14)11-17-10-18(24-21-17)15-4-2-1-3-5-15/h1-5,10,14,16H,6-9,11-13H2,(H,20,23)/t16-/m1/s1. The van der Waals surface area contributed by atoms with Crippen molar-refractivity contribution in [3.05, 3.63) is 42.1 Å². The van der Waals surface area contributed by atoms with E-state index < -0.39 is 0 Å². The summed E-state index contributed by atoms with van der Waals surface area (Å²) in [7, 11) is 0. The molecule has 1 aliphatic heterocycles. The highest BCUT2D eigenvalue weighted by molar-refractivity contribution is 5.78. The number of benzene rings is 1. The lowest BCUT2D eigenvalue weighted by Gasteiger charge is -2.16. The van der Waals surface area contributed by atoms with Gasteiger partial charge in [0, 0.05) is 37.3 Å². The number of likely N-dealkylation sites (tertiary alicyclic amines) is 1. The lowest BCUT2D eigenvalue weighted by atomic mass is 10.1. The van der Waals surface area contributed by atoms with Crippen LogP contribution in [0, 0.1) is 5.92 Å². The second-order valence-corrected chi connectivity index (χ2v) is 6.98. The fourth-order valence-electron chi connectivity index (χ4n) is 3.36. The van der Waals surface area contributed by atoms with Crippen molar-refractivity contribution >= 4 is 5.91 Å². The highest BCUT2D eigenvalue weighted by atomic mass is 16.5. The van der Waals surface area contributed by atoms with Gasteiger partial charge in [-0.2, -0.15) is 0 Å². The Morgan fingerprint density at radius 1 is 1.25 bits per heavy atom. The summed E-state index contributed by atoms with van der Waals surface area (Å²) in [6.07, 6.45) is 4.08. The lowest BCUT2D eigenvalue weighted by Crippen LogP contribution is -2.38. The van der Waals surface area contributed by atoms with E-state index in [1.807, 2.05) is 36.4 Å². The Balaban J connectivity index is 1.28. The zero-order chi connectivity index (χ0) is 16.4. The molecule has 1 saturated heterocycles. The Morgan fingerprint density at radius 2 is 2.08 bits per heavy atom. The summed E-state index contributed by atoms with van der Waals surface area (Å²) in [6, 6.07) is 11.9. The molecule has 1 aliphatic carbocycles. The third-order valence-electron chi connectivity index (χ3n) is 4.81. The molecule has 1 aromatic carbocycles. The molecule has 0 spiro atoms. The van der Waals surface area contributed by atoms with Crippen LogP contribution in [-0.4, -0.2) is 41.6 Å². The molecule has 2 fully saturated rings. The smallest absolute Gasteiger partial charge is 0.226 e. The van der Waals surface area contributed by atoms with Gasteiger partial charge >= 0.3 is 0 Å². The second-order valence-electron chi connectivity index (χ2n) is 6.98. The minimum Gasteiger partial charge on any atom is -0.356 e. The van der Waals surface area contributed by atoms with E-state index in [2.05, 4.69) is 15.4 Å². The van der Waals surface area contributed by atoms with Crippen LogP contribution in [0.25, 0.3) is 11.3 Å². The number of nitrogens with one attached hydrogen (secondary N) is 1. The monoisotopic (exact) mass is 325 g/mol. The number of rotatable bonds is 6. The van der Waals surface area contributed by atoms with Gasteiger partial charge in [0.1, 0.15) is 0 Å². The topological polar surface area (TPSA) is 58.4 Å². The minimum atomic E-state index is 0.0289. The minimum absolute atomic E-state index is 0.0289. The predicted octanol–water partition coefficient (Wildman–Crippen LogP) is 2.48. The van der Waals surface area contributed by atoms with Gasteiger partial charge in [-0.15, -0.1) is 0 Å². The summed E-state index contributed by atoms with van der Waals surface area (Å²) in [4.78, 5) is 14.7. The maximum absolute atomic E-state index is 12.2. The number of aromatic nitrogens is 1. The van der Waals surface area contributed by atoms with E-state index in [9.17, 15) is 4.79 Å². The Labute approximate surface area is 142 Å². The summed E-state index contributed by atoms with van der Waals surface area (Å²) >= 11 is 0. The molecule has 4 rings (SSSR count). The van der Waals surface area contributed by atoms with Gasteiger partial charge < -0.3 is 14.7 Å². The lowest BCUT2D eigenvalue weighted by molar-refractivity contribution is -0.121. The number of carbonyl (C=O) groups excluding carboxylic acids is 1. The van der Waals surface area contributed by atoms with Crippen molar-refractivity contribution in [1.29, 1.82) is 0 Å². The molecule has 24 heavy (non-hydrogen) atoms. The molecule has 126 valence electrons. The number of hydrogen-bond acceptors (Lipinski definition) is 4. The van der Waals surface area contributed by atoms with Crippen LogP contribution in [-0.2, 0) is 11.2 Å². The van der Waals surface area contributed by atoms with E-state index in [-0.39, 0.29) is 18.4 Å². The Morgan fingerprint density at radius 3 is 2.88 bits per heavy atom. The molecule has 1 atom stereocenters. The molecular formula is C19H23N3O2. The molecule has 0 bridgehead atoms. The number of amides is 1. The second kappa shape index (κ2) is 6.77. The van der Waals surface area contributed by atoms with Gasteiger partial charge in [0.05, 0.1) is 12.1 Å². The van der Waals surface area contributed by atoms with E-state index in [0.717, 1.165) is 31.0 Å². The average molecular weight is 325 g/mol. The maximum atomic E-state index is 12.2. The molecule has 1 N–H and O–H groups in total. The van der Waals surface area contributed by atoms with Crippen LogP contribution in [0.4, 0.5) is 0 Å². The van der Waals surface area contributed by atoms with Gasteiger partial charge in [-0.3, -0.25) is 4.79 Å². The van der Waals surface area contributed by atoms with Crippen molar-refractivity contribution in [2.75, 3.05) is 19.6 Å². The molecule has 0 radical (unpaired) electrons. The van der Waals surface area contributed by atoms with Crippen molar-refractivity contribution in [3.8, 4) is 11.3 Å². The van der Waals surface area contributed by atoms with Crippen LogP contribution < -0.4 is 5.32 Å². The largest absolute Gasteiger partial charge is 0.356 e. The number of carbonyl (C=O) groups is 1. The first-order chi connectivity index (χ1) is 11.8. The molecular weight excluding hydrogens is 302 g/mol. The molecule has 1 aromatic heterocycles. The quantitative estimate of drug-likeness (QED) is 0.886. The van der Waals surface area contributed by atoms with Crippen molar-refractivity contribution in [1.82, 2.24) is 15.4 Å². The molecule has 2 heterocycles. The highest BCUT2D eigenvalue weighted by Gasteiger charge is 2.29. The van der Waals surface area contributed by atoms with E-state index in [1.54, 1.807) is 0 Å². The fourth-order valence-corrected chi connectivity index (χ4v) is 3.36. The van der Waals surface area contributed by atoms with Gasteiger partial charge in [-0.25, -0.2) is 0 Å². The molecule has 2 aromatic rings. The molecule has 5 heteroatoms. The van der Waals surface area contributed by atoms with Crippen LogP contribution in [0.3, 0.4) is 0 Å². The highest BCUT2D eigenvalue weighted by Crippen LogP contribution is 2.30. The Bertz CT molecular complexity index is 694. The van der Waals surface area contributed by atoms with E-state index >= 15 is 0 Å². The zero-order valence-electron chi connectivity index (χ0n) is 13.8. The Hall–Kier alpha value is -2.14. The van der Waals surface area contributed by atoms with Crippen molar-refractivity contribution in [3.63, 3.8) is 0 Å². The van der Waals surface area contributed by atoms with Crippen molar-refractivity contribution in [2.45, 2.75) is 31.7 Å². The van der Waals surface area contributed by atoms with Gasteiger partial charge in [0.25, 0.3) is 0 Å². The fraction of sp³-hybridized carbons (Fsp3) is 0.474. The molecule has 1 amide bonds. The van der Waals surface area contributed by atoms with Crippen LogP contribution in [0.5, 0.6) is 0 Å². The zero-order valence-corrected chi connectivity index (χ0v) is 13.8. The van der Waals surface area contributed by atoms with Crippen LogP contribution in [0.15, 0.2) is 40.9 Å². The van der Waals surface area contributed by atoms with Crippen molar-refractivity contribution < 1.29 is 9.32 Å². The van der Waals surface area contributed by atoms with Gasteiger partial charge in [-0.05, 0) is 25.2 Å². The molecule has 5 nitrogen and oxygen atoms in total. The summed E-state index contributed by atoms with van der Waals surface area (Å²) in [6.45, 7) is 3.29. The number of hydrogen-bond donors (Lipinski definition) is 1. The maximum Gasteiger partial charge on any atom is 0.226 e. The summed E-state index contributed by atoms with van der Waals surface area (Å²) in [5.74, 6) is 1.64. The van der Waals surface area contributed by atoms with Crippen LogP contribution in [0.2, 0.25) is 0 Å². The SMILES string of the molecule is O=C(Cc1cc(-c2ccccc2)on1)N[C@@H]1CCN(CC2CC2)C1. The average Bonchev–Trinajstić information content (AvgIpc) is 3.09. The van der Waals surface area contributed by atoms with Gasteiger partial charge in [-0.1, -0.05) is 35.5 Å². The molecule has 2 aliphatic rings. The van der Waals surface area contributed by atoms with Crippen molar-refractivity contribution in [2.24, 2.45) is 5.92 Å². The van der Waals surface area contributed by atoms with Gasteiger partial charge in [0.15, 0.2) is 5.76 Å². The Kier molecular flexibility index (Phi) is 4.34. The third kappa shape index (κ3) is 3.85. The first kappa shape index (κ1) is 15.4. The number of nitrogens with zero attached hydrogens (tertiary/aromatic N) is 2. The van der Waals surface area contributed by atoms with E-state index in [0.29, 0.717) is 11.5 Å². The summed E-state index contributed by atoms with van der Waals surface area (Å²) < 4.78 is 5.35. The van der Waals surface area contributed by atoms with Crippen LogP contribution in [0.1, 0.15) is 25.0 Å². The molecule has 1 saturated carbocycles. The predicted molar refractivity (Wildman–Crippen MR) is 91.4 cm³/mol. The van der Waals surface area contributed by atoms with Gasteiger partial charge in [0.2, 0.25) is 5.91 Å². The normalized spacial score (nSPS) is 21.1. The van der Waals surface area contributed by atoms with E-state index in [1.165, 1.54) is 19.4 Å². The van der Waals surface area contributed by atoms with E-state index in [4.69, 9.17) is 4.52 Å². The third-order valence-corrected chi connectivity index (χ3v) is 4.81. The summed E-state index contributed by atoms with van der Waals surface area (Å²) in [5.41, 5.74) is 1.65. The van der Waals surface area contributed by atoms with Crippen LogP contribution >= 0.6 is 0 Å². The summed E-state index contributed by atoms with van der Waals surface area (Å²) in [5, 5.41) is 7.16. The molecule has 0 unspecified atom stereocenters.